The predicted octanol–water partition coefficient (Wildman–Crippen LogP) is 2.50. The van der Waals surface area contributed by atoms with Crippen LogP contribution in [0.1, 0.15) is 11.1 Å². The SMILES string of the molecule is Cc1ccc(-c2c[c]n(C)n2)c(C)c1. The Hall–Kier alpha value is -1.57. The molecule has 0 atom stereocenters. The Morgan fingerprint density at radius 3 is 2.64 bits per heavy atom. The van der Waals surface area contributed by atoms with E-state index < -0.39 is 0 Å². The molecule has 2 nitrogen and oxygen atoms in total. The topological polar surface area (TPSA) is 17.8 Å². The van der Waals surface area contributed by atoms with Crippen molar-refractivity contribution < 1.29 is 0 Å². The largest absolute Gasteiger partial charge is 0.266 e. The van der Waals surface area contributed by atoms with Gasteiger partial charge >= 0.3 is 0 Å². The molecule has 2 rings (SSSR count). The summed E-state index contributed by atoms with van der Waals surface area (Å²) in [5.41, 5.74) is 4.72. The molecule has 1 radical (unpaired) electrons. The van der Waals surface area contributed by atoms with Crippen LogP contribution in [-0.4, -0.2) is 9.78 Å². The van der Waals surface area contributed by atoms with E-state index in [1.54, 1.807) is 4.68 Å². The highest BCUT2D eigenvalue weighted by atomic mass is 15.2. The van der Waals surface area contributed by atoms with Crippen LogP contribution in [0.3, 0.4) is 0 Å². The minimum Gasteiger partial charge on any atom is -0.266 e. The van der Waals surface area contributed by atoms with Crippen LogP contribution in [0.25, 0.3) is 11.3 Å². The maximum Gasteiger partial charge on any atom is 0.0932 e. The maximum atomic E-state index is 4.33. The molecule has 1 heterocycles. The first-order valence-electron chi connectivity index (χ1n) is 4.66. The summed E-state index contributed by atoms with van der Waals surface area (Å²) >= 11 is 0. The Morgan fingerprint density at radius 2 is 2.07 bits per heavy atom. The summed E-state index contributed by atoms with van der Waals surface area (Å²) in [7, 11) is 1.88. The molecule has 0 spiro atoms. The summed E-state index contributed by atoms with van der Waals surface area (Å²) in [5, 5.41) is 4.33. The third-order valence-electron chi connectivity index (χ3n) is 2.30. The van der Waals surface area contributed by atoms with Gasteiger partial charge < -0.3 is 0 Å². The molecule has 0 unspecified atom stereocenters. The maximum absolute atomic E-state index is 4.33. The second-order valence-electron chi connectivity index (χ2n) is 3.60. The molecule has 2 heteroatoms. The fourth-order valence-corrected chi connectivity index (χ4v) is 1.61. The van der Waals surface area contributed by atoms with Crippen molar-refractivity contribution in [2.45, 2.75) is 13.8 Å². The number of aromatic nitrogens is 2. The van der Waals surface area contributed by atoms with Crippen molar-refractivity contribution in [1.29, 1.82) is 0 Å². The number of nitrogens with zero attached hydrogens (tertiary/aromatic N) is 2. The normalized spacial score (nSPS) is 10.5. The van der Waals surface area contributed by atoms with Gasteiger partial charge in [-0.15, -0.1) is 0 Å². The van der Waals surface area contributed by atoms with Crippen molar-refractivity contribution >= 4 is 0 Å². The van der Waals surface area contributed by atoms with E-state index in [1.807, 2.05) is 13.1 Å². The minimum absolute atomic E-state index is 0.991. The van der Waals surface area contributed by atoms with Crippen LogP contribution in [0.4, 0.5) is 0 Å². The van der Waals surface area contributed by atoms with Crippen molar-refractivity contribution in [2.24, 2.45) is 7.05 Å². The molecule has 0 aliphatic carbocycles. The van der Waals surface area contributed by atoms with E-state index in [2.05, 4.69) is 43.3 Å². The summed E-state index contributed by atoms with van der Waals surface area (Å²) in [5.74, 6) is 0. The smallest absolute Gasteiger partial charge is 0.0932 e. The molecule has 1 aromatic heterocycles. The van der Waals surface area contributed by atoms with Gasteiger partial charge in [0.2, 0.25) is 0 Å². The lowest BCUT2D eigenvalue weighted by molar-refractivity contribution is 0.764. The summed E-state index contributed by atoms with van der Waals surface area (Å²) in [6, 6.07) is 8.31. The van der Waals surface area contributed by atoms with Crippen LogP contribution >= 0.6 is 0 Å². The number of hydrogen-bond acceptors (Lipinski definition) is 1. The third-order valence-corrected chi connectivity index (χ3v) is 2.30. The standard InChI is InChI=1S/C12H13N2/c1-9-4-5-11(10(2)8-9)12-6-7-14(3)13-12/h4-6,8H,1-3H3. The Labute approximate surface area is 84.2 Å². The molecule has 1 aromatic carbocycles. The lowest BCUT2D eigenvalue weighted by Crippen LogP contribution is -1.90. The third kappa shape index (κ3) is 1.55. The molecule has 0 fully saturated rings. The Kier molecular flexibility index (Phi) is 2.12. The van der Waals surface area contributed by atoms with E-state index in [1.165, 1.54) is 16.7 Å². The number of aryl methyl sites for hydroxylation is 3. The highest BCUT2D eigenvalue weighted by molar-refractivity contribution is 5.63. The van der Waals surface area contributed by atoms with Gasteiger partial charge in [0.15, 0.2) is 0 Å². The van der Waals surface area contributed by atoms with E-state index in [0.717, 1.165) is 5.69 Å². The molecule has 0 saturated carbocycles. The van der Waals surface area contributed by atoms with Crippen molar-refractivity contribution in [1.82, 2.24) is 9.78 Å². The summed E-state index contributed by atoms with van der Waals surface area (Å²) in [6.07, 6.45) is 3.01. The van der Waals surface area contributed by atoms with Crippen LogP contribution in [0, 0.1) is 20.0 Å². The second kappa shape index (κ2) is 3.29. The van der Waals surface area contributed by atoms with Crippen molar-refractivity contribution in [3.05, 3.63) is 41.6 Å². The molecule has 0 amide bonds. The van der Waals surface area contributed by atoms with Gasteiger partial charge in [0, 0.05) is 12.6 Å². The highest BCUT2D eigenvalue weighted by Crippen LogP contribution is 2.21. The Morgan fingerprint density at radius 1 is 1.29 bits per heavy atom. The average molecular weight is 185 g/mol. The first kappa shape index (κ1) is 9.00. The number of rotatable bonds is 1. The lowest BCUT2D eigenvalue weighted by Gasteiger charge is -2.03. The average Bonchev–Trinajstić information content (AvgIpc) is 2.51. The van der Waals surface area contributed by atoms with Gasteiger partial charge in [-0.3, -0.25) is 4.68 Å². The fraction of sp³-hybridized carbons (Fsp3) is 0.250. The number of hydrogen-bond donors (Lipinski definition) is 0. The Balaban J connectivity index is 2.52. The van der Waals surface area contributed by atoms with Crippen LogP contribution in [0.15, 0.2) is 24.3 Å². The first-order valence-corrected chi connectivity index (χ1v) is 4.66. The van der Waals surface area contributed by atoms with E-state index >= 15 is 0 Å². The first-order chi connectivity index (χ1) is 6.66. The molecular formula is C12H13N2. The minimum atomic E-state index is 0.991. The van der Waals surface area contributed by atoms with Gasteiger partial charge in [-0.1, -0.05) is 23.8 Å². The molecular weight excluding hydrogens is 172 g/mol. The van der Waals surface area contributed by atoms with Crippen molar-refractivity contribution in [3.8, 4) is 11.3 Å². The molecule has 2 aromatic rings. The zero-order chi connectivity index (χ0) is 10.1. The highest BCUT2D eigenvalue weighted by Gasteiger charge is 2.04. The van der Waals surface area contributed by atoms with Gasteiger partial charge in [-0.2, -0.15) is 5.10 Å². The van der Waals surface area contributed by atoms with E-state index in [9.17, 15) is 0 Å². The molecule has 0 aliphatic heterocycles. The zero-order valence-electron chi connectivity index (χ0n) is 8.70. The Bertz CT molecular complexity index is 455. The lowest BCUT2D eigenvalue weighted by atomic mass is 10.0. The van der Waals surface area contributed by atoms with Gasteiger partial charge in [-0.25, -0.2) is 0 Å². The second-order valence-corrected chi connectivity index (χ2v) is 3.60. The molecule has 0 aliphatic rings. The van der Waals surface area contributed by atoms with Crippen LogP contribution in [0.5, 0.6) is 0 Å². The summed E-state index contributed by atoms with van der Waals surface area (Å²) in [4.78, 5) is 0. The molecule has 71 valence electrons. The quantitative estimate of drug-likeness (QED) is 0.667. The van der Waals surface area contributed by atoms with Gasteiger partial charge in [-0.05, 0) is 25.5 Å². The van der Waals surface area contributed by atoms with E-state index in [0.29, 0.717) is 0 Å². The molecule has 0 bridgehead atoms. The number of benzene rings is 1. The van der Waals surface area contributed by atoms with Crippen LogP contribution < -0.4 is 0 Å². The summed E-state index contributed by atoms with van der Waals surface area (Å²) < 4.78 is 1.70. The van der Waals surface area contributed by atoms with E-state index in [-0.39, 0.29) is 0 Å². The predicted molar refractivity (Wildman–Crippen MR) is 57.0 cm³/mol. The van der Waals surface area contributed by atoms with Crippen molar-refractivity contribution in [3.63, 3.8) is 0 Å². The van der Waals surface area contributed by atoms with E-state index in [4.69, 9.17) is 0 Å². The monoisotopic (exact) mass is 185 g/mol. The van der Waals surface area contributed by atoms with Crippen LogP contribution in [-0.2, 0) is 7.05 Å². The molecule has 0 N–H and O–H groups in total. The summed E-state index contributed by atoms with van der Waals surface area (Å²) in [6.45, 7) is 4.21. The van der Waals surface area contributed by atoms with Gasteiger partial charge in [0.05, 0.1) is 11.9 Å². The zero-order valence-corrected chi connectivity index (χ0v) is 8.70. The van der Waals surface area contributed by atoms with Gasteiger partial charge in [0.1, 0.15) is 0 Å². The van der Waals surface area contributed by atoms with Gasteiger partial charge in [0.25, 0.3) is 0 Å². The fourth-order valence-electron chi connectivity index (χ4n) is 1.61. The van der Waals surface area contributed by atoms with Crippen LogP contribution in [0.2, 0.25) is 0 Å². The molecule has 0 saturated heterocycles. The van der Waals surface area contributed by atoms with Crippen molar-refractivity contribution in [2.75, 3.05) is 0 Å². The molecule has 14 heavy (non-hydrogen) atoms.